The van der Waals surface area contributed by atoms with E-state index in [9.17, 15) is 19.5 Å². The number of para-hydroxylation sites is 1. The molecule has 2 amide bonds. The van der Waals surface area contributed by atoms with Crippen LogP contribution < -0.4 is 4.90 Å². The van der Waals surface area contributed by atoms with Crippen molar-refractivity contribution in [1.29, 1.82) is 0 Å². The molecule has 1 atom stereocenters. The third kappa shape index (κ3) is 3.93. The van der Waals surface area contributed by atoms with Crippen molar-refractivity contribution < 1.29 is 19.5 Å². The van der Waals surface area contributed by atoms with Crippen LogP contribution in [0.3, 0.4) is 0 Å². The van der Waals surface area contributed by atoms with Gasteiger partial charge in [0.2, 0.25) is 0 Å². The summed E-state index contributed by atoms with van der Waals surface area (Å²) in [5.41, 5.74) is 0.818. The Labute approximate surface area is 206 Å². The van der Waals surface area contributed by atoms with Gasteiger partial charge in [-0.2, -0.15) is 0 Å². The molecule has 0 aromatic heterocycles. The minimum absolute atomic E-state index is 0.146. The molecule has 2 aromatic rings. The van der Waals surface area contributed by atoms with E-state index in [4.69, 9.17) is 0 Å². The van der Waals surface area contributed by atoms with Crippen molar-refractivity contribution in [3.05, 3.63) is 70.8 Å². The molecule has 1 unspecified atom stereocenters. The lowest BCUT2D eigenvalue weighted by atomic mass is 9.81. The second kappa shape index (κ2) is 9.66. The fourth-order valence-corrected chi connectivity index (χ4v) is 5.11. The average molecular weight is 476 g/mol. The highest BCUT2D eigenvalue weighted by molar-refractivity contribution is 6.50. The number of likely N-dealkylation sites (tertiary alicyclic amines) is 1. The number of amides is 2. The van der Waals surface area contributed by atoms with Gasteiger partial charge in [-0.05, 0) is 46.5 Å². The number of aliphatic hydroxyl groups is 1. The molecule has 0 aliphatic carbocycles. The highest BCUT2D eigenvalue weighted by Gasteiger charge is 2.66. The van der Waals surface area contributed by atoms with E-state index in [1.807, 2.05) is 63.2 Å². The second-order valence-electron chi connectivity index (χ2n) is 9.57. The van der Waals surface area contributed by atoms with Crippen LogP contribution in [0.1, 0.15) is 42.9 Å². The van der Waals surface area contributed by atoms with Crippen molar-refractivity contribution in [3.8, 4) is 0 Å². The minimum atomic E-state index is -1.68. The molecule has 2 aliphatic rings. The zero-order valence-corrected chi connectivity index (χ0v) is 20.9. The van der Waals surface area contributed by atoms with Crippen LogP contribution in [-0.4, -0.2) is 66.2 Å². The number of nitrogens with zero attached hydrogens (tertiary/aromatic N) is 3. The Kier molecular flexibility index (Phi) is 6.81. The SMILES string of the molecule is CCCCN1C(=O)C2(/C(=C(\O)c3ccc(C)cc3)C(=O)C(=O)N2CCCN(C)C)c2ccccc21. The first-order valence-corrected chi connectivity index (χ1v) is 12.2. The van der Waals surface area contributed by atoms with E-state index in [2.05, 4.69) is 0 Å². The van der Waals surface area contributed by atoms with E-state index < -0.39 is 17.2 Å². The van der Waals surface area contributed by atoms with Gasteiger partial charge in [-0.15, -0.1) is 0 Å². The predicted octanol–water partition coefficient (Wildman–Crippen LogP) is 3.67. The van der Waals surface area contributed by atoms with Crippen molar-refractivity contribution in [3.63, 3.8) is 0 Å². The maximum absolute atomic E-state index is 14.3. The van der Waals surface area contributed by atoms with Crippen molar-refractivity contribution in [2.75, 3.05) is 38.6 Å². The molecule has 2 heterocycles. The molecule has 1 fully saturated rings. The highest BCUT2D eigenvalue weighted by Crippen LogP contribution is 2.53. The molecule has 7 heteroatoms. The van der Waals surface area contributed by atoms with Gasteiger partial charge < -0.3 is 19.8 Å². The van der Waals surface area contributed by atoms with Crippen LogP contribution in [-0.2, 0) is 19.9 Å². The smallest absolute Gasteiger partial charge is 0.296 e. The van der Waals surface area contributed by atoms with Crippen LogP contribution in [0.4, 0.5) is 5.69 Å². The number of aryl methyl sites for hydroxylation is 1. The Morgan fingerprint density at radius 2 is 1.66 bits per heavy atom. The van der Waals surface area contributed by atoms with Gasteiger partial charge in [0.25, 0.3) is 17.6 Å². The predicted molar refractivity (Wildman–Crippen MR) is 136 cm³/mol. The quantitative estimate of drug-likeness (QED) is 0.358. The molecule has 35 heavy (non-hydrogen) atoms. The Balaban J connectivity index is 1.97. The maximum atomic E-state index is 14.3. The van der Waals surface area contributed by atoms with Gasteiger partial charge in [0.15, 0.2) is 5.54 Å². The summed E-state index contributed by atoms with van der Waals surface area (Å²) in [5.74, 6) is -2.25. The number of ketones is 1. The standard InChI is InChI=1S/C28H33N3O4/c1-5-6-17-30-22-11-8-7-10-21(22)28(27(30)35)23(24(32)20-14-12-19(2)13-15-20)25(33)26(34)31(28)18-9-16-29(3)4/h7-8,10-15,32H,5-6,9,16-18H2,1-4H3/b24-23-. The molecule has 1 spiro atoms. The fourth-order valence-electron chi connectivity index (χ4n) is 5.11. The number of hydrogen-bond acceptors (Lipinski definition) is 5. The third-order valence-corrected chi connectivity index (χ3v) is 6.86. The van der Waals surface area contributed by atoms with Crippen LogP contribution in [0.25, 0.3) is 5.76 Å². The van der Waals surface area contributed by atoms with Gasteiger partial charge in [-0.3, -0.25) is 14.4 Å². The summed E-state index contributed by atoms with van der Waals surface area (Å²) >= 11 is 0. The van der Waals surface area contributed by atoms with Gasteiger partial charge in [0, 0.05) is 24.2 Å². The number of carbonyl (C=O) groups excluding carboxylic acids is 3. The molecule has 2 aromatic carbocycles. The number of unbranched alkanes of at least 4 members (excludes halogenated alkanes) is 1. The molecule has 2 aliphatic heterocycles. The second-order valence-corrected chi connectivity index (χ2v) is 9.57. The van der Waals surface area contributed by atoms with Crippen LogP contribution >= 0.6 is 0 Å². The Morgan fingerprint density at radius 3 is 2.31 bits per heavy atom. The lowest BCUT2D eigenvalue weighted by Gasteiger charge is -2.34. The summed E-state index contributed by atoms with van der Waals surface area (Å²) in [6.07, 6.45) is 2.25. The molecule has 1 N–H and O–H groups in total. The molecule has 1 saturated heterocycles. The van der Waals surface area contributed by atoms with E-state index in [1.54, 1.807) is 23.1 Å². The van der Waals surface area contributed by atoms with Gasteiger partial charge in [0.1, 0.15) is 5.76 Å². The summed E-state index contributed by atoms with van der Waals surface area (Å²) in [4.78, 5) is 46.4. The third-order valence-electron chi connectivity index (χ3n) is 6.86. The summed E-state index contributed by atoms with van der Waals surface area (Å²) in [6.45, 7) is 5.35. The fraction of sp³-hybridized carbons (Fsp3) is 0.393. The number of benzene rings is 2. The summed E-state index contributed by atoms with van der Waals surface area (Å²) < 4.78 is 0. The summed E-state index contributed by atoms with van der Waals surface area (Å²) in [7, 11) is 3.87. The Bertz CT molecular complexity index is 1180. The highest BCUT2D eigenvalue weighted by atomic mass is 16.3. The molecule has 184 valence electrons. The van der Waals surface area contributed by atoms with E-state index >= 15 is 0 Å². The number of Topliss-reactive ketones (excluding diaryl/α,β-unsaturated/α-hetero) is 1. The van der Waals surface area contributed by atoms with E-state index in [0.717, 1.165) is 18.4 Å². The lowest BCUT2D eigenvalue weighted by molar-refractivity contribution is -0.143. The normalized spacial score (nSPS) is 21.0. The number of carbonyl (C=O) groups is 3. The molecular formula is C28H33N3O4. The number of anilines is 1. The Hall–Kier alpha value is -3.45. The van der Waals surface area contributed by atoms with Crippen LogP contribution in [0, 0.1) is 6.92 Å². The van der Waals surface area contributed by atoms with Gasteiger partial charge in [-0.1, -0.05) is 61.4 Å². The zero-order chi connectivity index (χ0) is 25.3. The van der Waals surface area contributed by atoms with E-state index in [-0.39, 0.29) is 23.8 Å². The maximum Gasteiger partial charge on any atom is 0.296 e. The molecule has 0 saturated carbocycles. The van der Waals surface area contributed by atoms with Crippen molar-refractivity contribution in [1.82, 2.24) is 9.80 Å². The van der Waals surface area contributed by atoms with E-state index in [1.165, 1.54) is 4.90 Å². The monoisotopic (exact) mass is 475 g/mol. The van der Waals surface area contributed by atoms with Crippen LogP contribution in [0.2, 0.25) is 0 Å². The number of aliphatic hydroxyl groups excluding tert-OH is 1. The van der Waals surface area contributed by atoms with Gasteiger partial charge in [0.05, 0.1) is 11.3 Å². The van der Waals surface area contributed by atoms with Crippen molar-refractivity contribution in [2.45, 2.75) is 38.6 Å². The first-order chi connectivity index (χ1) is 16.7. The number of fused-ring (bicyclic) bond motifs is 2. The molecular weight excluding hydrogens is 442 g/mol. The molecule has 4 rings (SSSR count). The first kappa shape index (κ1) is 24.7. The van der Waals surface area contributed by atoms with E-state index in [0.29, 0.717) is 36.3 Å². The van der Waals surface area contributed by atoms with Crippen molar-refractivity contribution >= 4 is 29.0 Å². The Morgan fingerprint density at radius 1 is 0.971 bits per heavy atom. The zero-order valence-electron chi connectivity index (χ0n) is 20.9. The van der Waals surface area contributed by atoms with Crippen molar-refractivity contribution in [2.24, 2.45) is 0 Å². The summed E-state index contributed by atoms with van der Waals surface area (Å²) in [5, 5.41) is 11.5. The molecule has 0 bridgehead atoms. The van der Waals surface area contributed by atoms with Gasteiger partial charge >= 0.3 is 0 Å². The number of rotatable bonds is 8. The molecule has 0 radical (unpaired) electrons. The topological polar surface area (TPSA) is 81.2 Å². The lowest BCUT2D eigenvalue weighted by Crippen LogP contribution is -2.52. The first-order valence-electron chi connectivity index (χ1n) is 12.2. The van der Waals surface area contributed by atoms with Gasteiger partial charge in [-0.25, -0.2) is 0 Å². The largest absolute Gasteiger partial charge is 0.507 e. The average Bonchev–Trinajstić information content (AvgIpc) is 3.21. The summed E-state index contributed by atoms with van der Waals surface area (Å²) in [6, 6.07) is 14.4. The number of hydrogen-bond donors (Lipinski definition) is 1. The van der Waals surface area contributed by atoms with Crippen LogP contribution in [0.5, 0.6) is 0 Å². The van der Waals surface area contributed by atoms with Crippen LogP contribution in [0.15, 0.2) is 54.1 Å². The molecule has 7 nitrogen and oxygen atoms in total. The minimum Gasteiger partial charge on any atom is -0.507 e.